The number of carbonyl (C=O) groups is 1. The predicted molar refractivity (Wildman–Crippen MR) is 80.2 cm³/mol. The van der Waals surface area contributed by atoms with Gasteiger partial charge < -0.3 is 15.1 Å². The Morgan fingerprint density at radius 1 is 1.42 bits per heavy atom. The van der Waals surface area contributed by atoms with Gasteiger partial charge in [0.05, 0.1) is 6.04 Å². The maximum Gasteiger partial charge on any atom is 0.240 e. The van der Waals surface area contributed by atoms with Gasteiger partial charge in [0, 0.05) is 19.1 Å². The molecule has 1 fully saturated rings. The summed E-state index contributed by atoms with van der Waals surface area (Å²) in [6.45, 7) is 9.37. The molecule has 1 aliphatic rings. The van der Waals surface area contributed by atoms with E-state index < -0.39 is 0 Å². The van der Waals surface area contributed by atoms with E-state index in [-0.39, 0.29) is 6.04 Å². The zero-order valence-electron chi connectivity index (χ0n) is 13.3. The second-order valence-corrected chi connectivity index (χ2v) is 6.25. The summed E-state index contributed by atoms with van der Waals surface area (Å²) in [5.74, 6) is 0.802. The number of likely N-dealkylation sites (N-methyl/N-ethyl adjacent to an activating group) is 1. The van der Waals surface area contributed by atoms with Gasteiger partial charge in [-0.3, -0.25) is 4.79 Å². The quantitative estimate of drug-likeness (QED) is 0.762. The third-order valence-electron chi connectivity index (χ3n) is 3.84. The minimum Gasteiger partial charge on any atom is -0.337 e. The zero-order chi connectivity index (χ0) is 14.4. The minimum atomic E-state index is 0.0390. The Morgan fingerprint density at radius 3 is 2.63 bits per heavy atom. The van der Waals surface area contributed by atoms with Crippen LogP contribution in [0, 0.1) is 5.92 Å². The number of nitrogens with one attached hydrogen (secondary N) is 1. The first-order valence-corrected chi connectivity index (χ1v) is 7.66. The molecule has 1 saturated heterocycles. The van der Waals surface area contributed by atoms with Gasteiger partial charge in [0.2, 0.25) is 5.91 Å². The Hall–Kier alpha value is -0.610. The highest BCUT2D eigenvalue weighted by molar-refractivity contribution is 5.83. The van der Waals surface area contributed by atoms with E-state index in [2.05, 4.69) is 50.0 Å². The molecule has 1 aliphatic heterocycles. The molecule has 1 amide bonds. The van der Waals surface area contributed by atoms with E-state index in [0.717, 1.165) is 38.9 Å². The molecule has 2 atom stereocenters. The van der Waals surface area contributed by atoms with Crippen molar-refractivity contribution < 1.29 is 4.79 Å². The second kappa shape index (κ2) is 7.85. The van der Waals surface area contributed by atoms with E-state index in [4.69, 9.17) is 0 Å². The van der Waals surface area contributed by atoms with E-state index in [1.54, 1.807) is 0 Å². The topological polar surface area (TPSA) is 35.6 Å². The maximum atomic E-state index is 12.6. The summed E-state index contributed by atoms with van der Waals surface area (Å²) >= 11 is 0. The molecule has 4 heteroatoms. The van der Waals surface area contributed by atoms with E-state index in [9.17, 15) is 4.79 Å². The second-order valence-electron chi connectivity index (χ2n) is 6.25. The molecule has 0 saturated carbocycles. The van der Waals surface area contributed by atoms with Crippen molar-refractivity contribution in [2.45, 2.75) is 52.1 Å². The van der Waals surface area contributed by atoms with Gasteiger partial charge in [-0.1, -0.05) is 20.8 Å². The van der Waals surface area contributed by atoms with Crippen LogP contribution < -0.4 is 5.32 Å². The lowest BCUT2D eigenvalue weighted by Gasteiger charge is -2.41. The SMILES string of the molecule is CCCNC1CCCN(C(CN(C)C)C(C)C)C1=O. The Balaban J connectivity index is 2.70. The first-order valence-electron chi connectivity index (χ1n) is 7.66. The van der Waals surface area contributed by atoms with Crippen LogP contribution in [0.15, 0.2) is 0 Å². The zero-order valence-corrected chi connectivity index (χ0v) is 13.3. The molecule has 112 valence electrons. The standard InChI is InChI=1S/C15H31N3O/c1-6-9-16-13-8-7-10-18(15(13)19)14(12(2)3)11-17(4)5/h12-14,16H,6-11H2,1-5H3. The van der Waals surface area contributed by atoms with E-state index >= 15 is 0 Å². The van der Waals surface area contributed by atoms with E-state index in [1.165, 1.54) is 0 Å². The molecular formula is C15H31N3O. The van der Waals surface area contributed by atoms with Crippen molar-refractivity contribution in [2.75, 3.05) is 33.7 Å². The molecule has 1 rings (SSSR count). The minimum absolute atomic E-state index is 0.0390. The molecule has 4 nitrogen and oxygen atoms in total. The molecule has 2 unspecified atom stereocenters. The van der Waals surface area contributed by atoms with Crippen molar-refractivity contribution in [3.8, 4) is 0 Å². The van der Waals surface area contributed by atoms with Crippen LogP contribution in [-0.2, 0) is 4.79 Å². The first kappa shape index (κ1) is 16.4. The average molecular weight is 269 g/mol. The van der Waals surface area contributed by atoms with Gasteiger partial charge in [-0.05, 0) is 45.8 Å². The van der Waals surface area contributed by atoms with Gasteiger partial charge in [0.1, 0.15) is 0 Å². The van der Waals surface area contributed by atoms with E-state index in [1.807, 2.05) is 0 Å². The number of rotatable bonds is 7. The number of likely N-dealkylation sites (tertiary alicyclic amines) is 1. The molecule has 1 N–H and O–H groups in total. The maximum absolute atomic E-state index is 12.6. The predicted octanol–water partition coefficient (Wildman–Crippen LogP) is 1.56. The molecular weight excluding hydrogens is 238 g/mol. The van der Waals surface area contributed by atoms with Gasteiger partial charge in [-0.15, -0.1) is 0 Å². The van der Waals surface area contributed by atoms with Gasteiger partial charge in [-0.25, -0.2) is 0 Å². The lowest BCUT2D eigenvalue weighted by atomic mass is 9.96. The summed E-state index contributed by atoms with van der Waals surface area (Å²) in [5, 5.41) is 3.39. The van der Waals surface area contributed by atoms with Crippen molar-refractivity contribution in [3.05, 3.63) is 0 Å². The number of hydrogen-bond acceptors (Lipinski definition) is 3. The number of hydrogen-bond donors (Lipinski definition) is 1. The van der Waals surface area contributed by atoms with Gasteiger partial charge in [0.25, 0.3) is 0 Å². The van der Waals surface area contributed by atoms with Crippen LogP contribution in [0.4, 0.5) is 0 Å². The Bertz CT molecular complexity index is 279. The van der Waals surface area contributed by atoms with Gasteiger partial charge >= 0.3 is 0 Å². The van der Waals surface area contributed by atoms with Crippen LogP contribution in [0.3, 0.4) is 0 Å². The van der Waals surface area contributed by atoms with Crippen molar-refractivity contribution in [2.24, 2.45) is 5.92 Å². The molecule has 0 aromatic heterocycles. The summed E-state index contributed by atoms with van der Waals surface area (Å²) in [5.41, 5.74) is 0. The summed E-state index contributed by atoms with van der Waals surface area (Å²) in [4.78, 5) is 16.9. The Labute approximate surface area is 118 Å². The summed E-state index contributed by atoms with van der Waals surface area (Å²) in [6.07, 6.45) is 3.18. The van der Waals surface area contributed by atoms with Crippen LogP contribution in [0.2, 0.25) is 0 Å². The third kappa shape index (κ3) is 4.77. The fraction of sp³-hybridized carbons (Fsp3) is 0.933. The van der Waals surface area contributed by atoms with Crippen LogP contribution >= 0.6 is 0 Å². The lowest BCUT2D eigenvalue weighted by Crippen LogP contribution is -2.57. The first-order chi connectivity index (χ1) is 8.97. The third-order valence-corrected chi connectivity index (χ3v) is 3.84. The summed E-state index contributed by atoms with van der Waals surface area (Å²) in [7, 11) is 4.16. The molecule has 0 aliphatic carbocycles. The van der Waals surface area contributed by atoms with Crippen LogP contribution in [0.25, 0.3) is 0 Å². The Morgan fingerprint density at radius 2 is 2.11 bits per heavy atom. The molecule has 0 bridgehead atoms. The molecule has 0 aromatic carbocycles. The van der Waals surface area contributed by atoms with E-state index in [0.29, 0.717) is 17.9 Å². The fourth-order valence-electron chi connectivity index (χ4n) is 2.78. The van der Waals surface area contributed by atoms with Gasteiger partial charge in [0.15, 0.2) is 0 Å². The van der Waals surface area contributed by atoms with Crippen LogP contribution in [0.5, 0.6) is 0 Å². The van der Waals surface area contributed by atoms with Crippen molar-refractivity contribution in [1.82, 2.24) is 15.1 Å². The normalized spacial score (nSPS) is 22.4. The molecule has 0 aromatic rings. The summed E-state index contributed by atoms with van der Waals surface area (Å²) < 4.78 is 0. The largest absolute Gasteiger partial charge is 0.337 e. The molecule has 1 heterocycles. The van der Waals surface area contributed by atoms with Crippen LogP contribution in [-0.4, -0.2) is 61.5 Å². The smallest absolute Gasteiger partial charge is 0.240 e. The monoisotopic (exact) mass is 269 g/mol. The molecule has 0 radical (unpaired) electrons. The van der Waals surface area contributed by atoms with Gasteiger partial charge in [-0.2, -0.15) is 0 Å². The average Bonchev–Trinajstić information content (AvgIpc) is 2.34. The van der Waals surface area contributed by atoms with Crippen molar-refractivity contribution in [1.29, 1.82) is 0 Å². The number of carbonyl (C=O) groups excluding carboxylic acids is 1. The highest BCUT2D eigenvalue weighted by Gasteiger charge is 2.34. The molecule has 0 spiro atoms. The highest BCUT2D eigenvalue weighted by atomic mass is 16.2. The van der Waals surface area contributed by atoms with Crippen LogP contribution in [0.1, 0.15) is 40.0 Å². The van der Waals surface area contributed by atoms with Crippen molar-refractivity contribution >= 4 is 5.91 Å². The fourth-order valence-corrected chi connectivity index (χ4v) is 2.78. The molecule has 19 heavy (non-hydrogen) atoms. The number of nitrogens with zero attached hydrogens (tertiary/aromatic N) is 2. The summed E-state index contributed by atoms with van der Waals surface area (Å²) in [6, 6.07) is 0.367. The van der Waals surface area contributed by atoms with Crippen molar-refractivity contribution in [3.63, 3.8) is 0 Å². The Kier molecular flexibility index (Phi) is 6.80. The highest BCUT2D eigenvalue weighted by Crippen LogP contribution is 2.19. The number of piperidine rings is 1. The lowest BCUT2D eigenvalue weighted by molar-refractivity contribution is -0.140. The number of amides is 1.